The Kier molecular flexibility index (Phi) is 5.97. The van der Waals surface area contributed by atoms with Gasteiger partial charge >= 0.3 is 0 Å². The van der Waals surface area contributed by atoms with Crippen LogP contribution in [0.15, 0.2) is 40.9 Å². The molecular formula is C16H20N2O3. The molecular weight excluding hydrogens is 268 g/mol. The van der Waals surface area contributed by atoms with Crippen molar-refractivity contribution in [3.63, 3.8) is 0 Å². The highest BCUT2D eigenvalue weighted by molar-refractivity contribution is 5.75. The van der Waals surface area contributed by atoms with Crippen LogP contribution in [0.5, 0.6) is 0 Å². The lowest BCUT2D eigenvalue weighted by atomic mass is 10.2. The lowest BCUT2D eigenvalue weighted by Gasteiger charge is -2.03. The molecule has 1 N–H and O–H groups in total. The Morgan fingerprint density at radius 3 is 2.90 bits per heavy atom. The van der Waals surface area contributed by atoms with Gasteiger partial charge in [0.2, 0.25) is 5.91 Å². The fourth-order valence-electron chi connectivity index (χ4n) is 1.91. The summed E-state index contributed by atoms with van der Waals surface area (Å²) in [5.41, 5.74) is 0.986. The minimum absolute atomic E-state index is 0.00515. The van der Waals surface area contributed by atoms with Crippen molar-refractivity contribution in [1.82, 2.24) is 10.3 Å². The Bertz CT molecular complexity index is 552. The molecule has 5 heteroatoms. The summed E-state index contributed by atoms with van der Waals surface area (Å²) in [6.45, 7) is 1.29. The fourth-order valence-corrected chi connectivity index (χ4v) is 1.91. The molecule has 0 bridgehead atoms. The molecule has 2 rings (SSSR count). The maximum atomic E-state index is 11.6. The smallest absolute Gasteiger partial charge is 0.220 e. The van der Waals surface area contributed by atoms with Crippen LogP contribution in [-0.2, 0) is 16.0 Å². The lowest BCUT2D eigenvalue weighted by Crippen LogP contribution is -2.25. The number of oxazole rings is 1. The van der Waals surface area contributed by atoms with Crippen LogP contribution in [0.4, 0.5) is 0 Å². The average molecular weight is 288 g/mol. The molecule has 0 unspecified atom stereocenters. The topological polar surface area (TPSA) is 64.4 Å². The van der Waals surface area contributed by atoms with Gasteiger partial charge in [0.25, 0.3) is 0 Å². The van der Waals surface area contributed by atoms with Crippen molar-refractivity contribution >= 4 is 5.91 Å². The van der Waals surface area contributed by atoms with E-state index in [0.717, 1.165) is 17.7 Å². The van der Waals surface area contributed by atoms with E-state index in [1.165, 1.54) is 0 Å². The molecule has 0 aliphatic heterocycles. The van der Waals surface area contributed by atoms with E-state index in [-0.39, 0.29) is 5.91 Å². The molecule has 2 aromatic rings. The maximum Gasteiger partial charge on any atom is 0.220 e. The van der Waals surface area contributed by atoms with Gasteiger partial charge in [0.05, 0.1) is 6.20 Å². The van der Waals surface area contributed by atoms with E-state index >= 15 is 0 Å². The first-order chi connectivity index (χ1) is 10.3. The van der Waals surface area contributed by atoms with Crippen LogP contribution in [0.1, 0.15) is 18.7 Å². The number of hydrogen-bond donors (Lipinski definition) is 1. The van der Waals surface area contributed by atoms with E-state index in [2.05, 4.69) is 10.3 Å². The Balaban J connectivity index is 1.77. The van der Waals surface area contributed by atoms with Crippen molar-refractivity contribution in [2.45, 2.75) is 19.3 Å². The highest BCUT2D eigenvalue weighted by Crippen LogP contribution is 2.20. The van der Waals surface area contributed by atoms with Crippen LogP contribution in [0.3, 0.4) is 0 Å². The van der Waals surface area contributed by atoms with Crippen molar-refractivity contribution in [3.05, 3.63) is 42.4 Å². The summed E-state index contributed by atoms with van der Waals surface area (Å²) in [6, 6.07) is 9.78. The van der Waals surface area contributed by atoms with Crippen LogP contribution >= 0.6 is 0 Å². The van der Waals surface area contributed by atoms with Crippen molar-refractivity contribution in [1.29, 1.82) is 0 Å². The molecule has 21 heavy (non-hydrogen) atoms. The average Bonchev–Trinajstić information content (AvgIpc) is 2.99. The minimum atomic E-state index is 0.00515. The van der Waals surface area contributed by atoms with Gasteiger partial charge < -0.3 is 14.5 Å². The molecule has 0 radical (unpaired) electrons. The second-order valence-corrected chi connectivity index (χ2v) is 4.68. The number of aryl methyl sites for hydroxylation is 1. The monoisotopic (exact) mass is 288 g/mol. The van der Waals surface area contributed by atoms with E-state index in [0.29, 0.717) is 31.9 Å². The number of hydrogen-bond acceptors (Lipinski definition) is 4. The Morgan fingerprint density at radius 2 is 2.14 bits per heavy atom. The van der Waals surface area contributed by atoms with Crippen LogP contribution < -0.4 is 5.32 Å². The quantitative estimate of drug-likeness (QED) is 0.758. The molecule has 0 saturated carbocycles. The number of ether oxygens (including phenoxy) is 1. The molecule has 0 aliphatic carbocycles. The molecule has 0 spiro atoms. The van der Waals surface area contributed by atoms with E-state index in [1.807, 2.05) is 30.3 Å². The van der Waals surface area contributed by atoms with Gasteiger partial charge in [0, 0.05) is 38.7 Å². The first kappa shape index (κ1) is 15.3. The number of carbonyl (C=O) groups excluding carboxylic acids is 1. The Morgan fingerprint density at radius 1 is 1.33 bits per heavy atom. The van der Waals surface area contributed by atoms with Crippen LogP contribution in [0, 0.1) is 0 Å². The van der Waals surface area contributed by atoms with Crippen molar-refractivity contribution in [3.8, 4) is 11.3 Å². The third kappa shape index (κ3) is 5.04. The number of aromatic nitrogens is 1. The number of rotatable bonds is 8. The predicted octanol–water partition coefficient (Wildman–Crippen LogP) is 2.43. The van der Waals surface area contributed by atoms with Gasteiger partial charge in [-0.15, -0.1) is 0 Å². The summed E-state index contributed by atoms with van der Waals surface area (Å²) in [5.74, 6) is 1.32. The second-order valence-electron chi connectivity index (χ2n) is 4.68. The normalized spacial score (nSPS) is 10.5. The number of methoxy groups -OCH3 is 1. The molecule has 1 heterocycles. The third-order valence-electron chi connectivity index (χ3n) is 3.03. The molecule has 0 saturated heterocycles. The van der Waals surface area contributed by atoms with Gasteiger partial charge in [-0.2, -0.15) is 0 Å². The summed E-state index contributed by atoms with van der Waals surface area (Å²) < 4.78 is 10.6. The van der Waals surface area contributed by atoms with E-state index in [9.17, 15) is 4.79 Å². The van der Waals surface area contributed by atoms with E-state index in [4.69, 9.17) is 9.15 Å². The maximum absolute atomic E-state index is 11.6. The van der Waals surface area contributed by atoms with Crippen LogP contribution in [0.2, 0.25) is 0 Å². The zero-order chi connectivity index (χ0) is 14.9. The molecule has 0 aliphatic rings. The molecule has 1 amide bonds. The zero-order valence-electron chi connectivity index (χ0n) is 12.2. The molecule has 0 fully saturated rings. The second kappa shape index (κ2) is 8.21. The standard InChI is InChI=1S/C16H20N2O3/c1-20-11-5-10-17-15(19)8-9-16-18-12-14(21-16)13-6-3-2-4-7-13/h2-4,6-7,12H,5,8-11H2,1H3,(H,17,19). The largest absolute Gasteiger partial charge is 0.441 e. The molecule has 1 aromatic heterocycles. The van der Waals surface area contributed by atoms with Crippen molar-refractivity contribution < 1.29 is 13.9 Å². The highest BCUT2D eigenvalue weighted by Gasteiger charge is 2.08. The van der Waals surface area contributed by atoms with Crippen LogP contribution in [-0.4, -0.2) is 31.2 Å². The summed E-state index contributed by atoms with van der Waals surface area (Å²) in [4.78, 5) is 15.8. The predicted molar refractivity (Wildman–Crippen MR) is 79.8 cm³/mol. The summed E-state index contributed by atoms with van der Waals surface area (Å²) in [6.07, 6.45) is 3.39. The number of nitrogens with zero attached hydrogens (tertiary/aromatic N) is 1. The lowest BCUT2D eigenvalue weighted by molar-refractivity contribution is -0.121. The number of amides is 1. The van der Waals surface area contributed by atoms with Gasteiger partial charge in [0.1, 0.15) is 0 Å². The van der Waals surface area contributed by atoms with Crippen molar-refractivity contribution in [2.75, 3.05) is 20.3 Å². The molecule has 5 nitrogen and oxygen atoms in total. The summed E-state index contributed by atoms with van der Waals surface area (Å²) >= 11 is 0. The van der Waals surface area contributed by atoms with Crippen LogP contribution in [0.25, 0.3) is 11.3 Å². The highest BCUT2D eigenvalue weighted by atomic mass is 16.5. The number of carbonyl (C=O) groups is 1. The van der Waals surface area contributed by atoms with E-state index < -0.39 is 0 Å². The number of nitrogens with one attached hydrogen (secondary N) is 1. The zero-order valence-corrected chi connectivity index (χ0v) is 12.2. The molecule has 1 aromatic carbocycles. The molecule has 0 atom stereocenters. The molecule has 112 valence electrons. The fraction of sp³-hybridized carbons (Fsp3) is 0.375. The van der Waals surface area contributed by atoms with E-state index in [1.54, 1.807) is 13.3 Å². The van der Waals surface area contributed by atoms with Gasteiger partial charge in [-0.1, -0.05) is 30.3 Å². The van der Waals surface area contributed by atoms with Gasteiger partial charge in [-0.3, -0.25) is 4.79 Å². The van der Waals surface area contributed by atoms with Gasteiger partial charge in [-0.05, 0) is 6.42 Å². The first-order valence-corrected chi connectivity index (χ1v) is 7.05. The Labute approximate surface area is 124 Å². The first-order valence-electron chi connectivity index (χ1n) is 7.05. The third-order valence-corrected chi connectivity index (χ3v) is 3.03. The van der Waals surface area contributed by atoms with Gasteiger partial charge in [-0.25, -0.2) is 4.98 Å². The number of benzene rings is 1. The van der Waals surface area contributed by atoms with Crippen molar-refractivity contribution in [2.24, 2.45) is 0 Å². The van der Waals surface area contributed by atoms with Gasteiger partial charge in [0.15, 0.2) is 11.7 Å². The minimum Gasteiger partial charge on any atom is -0.441 e. The SMILES string of the molecule is COCCCNC(=O)CCc1ncc(-c2ccccc2)o1. The summed E-state index contributed by atoms with van der Waals surface area (Å²) in [5, 5.41) is 2.84. The summed E-state index contributed by atoms with van der Waals surface area (Å²) in [7, 11) is 1.65. The Hall–Kier alpha value is -2.14.